The average Bonchev–Trinajstić information content (AvgIpc) is 2.98. The first kappa shape index (κ1) is 31.1. The quantitative estimate of drug-likeness (QED) is 0.319. The number of amides is 1. The number of nitrogens with one attached hydrogen (secondary N) is 2. The second kappa shape index (κ2) is 13.9. The van der Waals surface area contributed by atoms with Crippen LogP contribution in [0.2, 0.25) is 0 Å². The van der Waals surface area contributed by atoms with Crippen molar-refractivity contribution in [3.05, 3.63) is 86.5 Å². The highest BCUT2D eigenvalue weighted by atomic mass is 19.1. The van der Waals surface area contributed by atoms with E-state index in [-0.39, 0.29) is 23.6 Å². The van der Waals surface area contributed by atoms with Crippen molar-refractivity contribution in [1.29, 1.82) is 0 Å². The molecule has 0 unspecified atom stereocenters. The fourth-order valence-corrected chi connectivity index (χ4v) is 6.11. The standard InChI is InChI=1S/C33H43FN4O4/c1-7-38(26-13-11-25(12-14-26)37(4)20-23-9-8-10-27(16-23)41-5)30-18-24(34)17-28(22(30)3)32(40)35-19-29-31(39)15-21(2)36-33(29)42-6/h8-10,15-18,25-26H,7,11-14,19-20H2,1-6H3,(H,35,40)(H,36,39)/t25-,26-. The second-order valence-corrected chi connectivity index (χ2v) is 11.1. The number of aryl methyl sites for hydroxylation is 1. The first-order valence-electron chi connectivity index (χ1n) is 14.6. The number of benzene rings is 2. The molecule has 2 N–H and O–H groups in total. The van der Waals surface area contributed by atoms with Crippen molar-refractivity contribution >= 4 is 11.6 Å². The van der Waals surface area contributed by atoms with Gasteiger partial charge in [0.2, 0.25) is 0 Å². The number of carbonyl (C=O) groups excluding carboxylic acids is 1. The molecule has 4 rings (SSSR count). The Balaban J connectivity index is 1.44. The zero-order valence-electron chi connectivity index (χ0n) is 25.6. The van der Waals surface area contributed by atoms with E-state index in [4.69, 9.17) is 9.47 Å². The zero-order valence-corrected chi connectivity index (χ0v) is 25.6. The third-order valence-corrected chi connectivity index (χ3v) is 8.40. The fraction of sp³-hybridized carbons (Fsp3) is 0.455. The maximum atomic E-state index is 15.0. The predicted molar refractivity (Wildman–Crippen MR) is 164 cm³/mol. The third-order valence-electron chi connectivity index (χ3n) is 8.40. The van der Waals surface area contributed by atoms with Crippen LogP contribution in [0.3, 0.4) is 0 Å². The molecule has 1 saturated carbocycles. The van der Waals surface area contributed by atoms with Gasteiger partial charge in [0.1, 0.15) is 11.6 Å². The van der Waals surface area contributed by atoms with E-state index < -0.39 is 11.7 Å². The molecule has 2 aromatic carbocycles. The maximum absolute atomic E-state index is 15.0. The molecule has 1 aromatic heterocycles. The van der Waals surface area contributed by atoms with Crippen LogP contribution in [-0.2, 0) is 13.1 Å². The molecule has 1 aliphatic rings. The van der Waals surface area contributed by atoms with Crippen molar-refractivity contribution in [1.82, 2.24) is 15.2 Å². The minimum Gasteiger partial charge on any atom is -0.497 e. The van der Waals surface area contributed by atoms with E-state index in [2.05, 4.69) is 46.2 Å². The van der Waals surface area contributed by atoms with Crippen LogP contribution in [0, 0.1) is 19.7 Å². The SMILES string of the molecule is CCN(c1cc(F)cc(C(=O)NCc2c(OC)[nH]c(C)cc2=O)c1C)[C@H]1CC[C@H](N(C)Cc2cccc(OC)c2)CC1. The number of anilines is 1. The highest BCUT2D eigenvalue weighted by molar-refractivity contribution is 5.97. The molecular formula is C33H43FN4O4. The molecule has 42 heavy (non-hydrogen) atoms. The fourth-order valence-electron chi connectivity index (χ4n) is 6.11. The summed E-state index contributed by atoms with van der Waals surface area (Å²) in [4.78, 5) is 33.4. The van der Waals surface area contributed by atoms with E-state index in [0.29, 0.717) is 29.7 Å². The van der Waals surface area contributed by atoms with Crippen molar-refractivity contribution in [2.45, 2.75) is 71.6 Å². The normalized spacial score (nSPS) is 16.8. The molecule has 1 aliphatic carbocycles. The summed E-state index contributed by atoms with van der Waals surface area (Å²) in [6.45, 7) is 7.21. The van der Waals surface area contributed by atoms with Crippen LogP contribution < -0.4 is 25.1 Å². The second-order valence-electron chi connectivity index (χ2n) is 11.1. The number of hydrogen-bond acceptors (Lipinski definition) is 6. The van der Waals surface area contributed by atoms with Gasteiger partial charge < -0.3 is 24.7 Å². The van der Waals surface area contributed by atoms with Gasteiger partial charge in [-0.1, -0.05) is 12.1 Å². The molecule has 0 atom stereocenters. The van der Waals surface area contributed by atoms with Crippen LogP contribution in [-0.4, -0.2) is 55.7 Å². The number of hydrogen-bond donors (Lipinski definition) is 2. The minimum atomic E-state index is -0.461. The van der Waals surface area contributed by atoms with Gasteiger partial charge in [0.25, 0.3) is 5.91 Å². The van der Waals surface area contributed by atoms with Gasteiger partial charge in [0.05, 0.1) is 26.3 Å². The smallest absolute Gasteiger partial charge is 0.252 e. The highest BCUT2D eigenvalue weighted by Gasteiger charge is 2.29. The van der Waals surface area contributed by atoms with E-state index in [9.17, 15) is 14.0 Å². The number of methoxy groups -OCH3 is 2. The van der Waals surface area contributed by atoms with Gasteiger partial charge in [-0.05, 0) is 88.9 Å². The number of halogens is 1. The number of ether oxygens (including phenoxy) is 2. The van der Waals surface area contributed by atoms with Crippen molar-refractivity contribution in [3.8, 4) is 11.6 Å². The molecule has 0 radical (unpaired) electrons. The van der Waals surface area contributed by atoms with Gasteiger partial charge in [-0.2, -0.15) is 0 Å². The molecule has 0 bridgehead atoms. The van der Waals surface area contributed by atoms with Crippen molar-refractivity contribution in [2.75, 3.05) is 32.7 Å². The monoisotopic (exact) mass is 578 g/mol. The number of aromatic amines is 1. The van der Waals surface area contributed by atoms with Crippen LogP contribution in [0.5, 0.6) is 11.6 Å². The maximum Gasteiger partial charge on any atom is 0.252 e. The van der Waals surface area contributed by atoms with Gasteiger partial charge in [0.15, 0.2) is 11.3 Å². The lowest BCUT2D eigenvalue weighted by atomic mass is 9.88. The molecule has 0 saturated heterocycles. The first-order valence-corrected chi connectivity index (χ1v) is 14.6. The first-order chi connectivity index (χ1) is 20.1. The van der Waals surface area contributed by atoms with Gasteiger partial charge >= 0.3 is 0 Å². The van der Waals surface area contributed by atoms with E-state index in [1.807, 2.05) is 19.1 Å². The summed E-state index contributed by atoms with van der Waals surface area (Å²) in [6, 6.07) is 13.2. The van der Waals surface area contributed by atoms with E-state index in [0.717, 1.165) is 49.2 Å². The van der Waals surface area contributed by atoms with Crippen LogP contribution in [0.25, 0.3) is 0 Å². The Bertz CT molecular complexity index is 1450. The number of pyridine rings is 1. The Morgan fingerprint density at radius 2 is 1.76 bits per heavy atom. The van der Waals surface area contributed by atoms with E-state index in [1.165, 1.54) is 30.9 Å². The lowest BCUT2D eigenvalue weighted by Gasteiger charge is -2.41. The van der Waals surface area contributed by atoms with E-state index >= 15 is 0 Å². The number of carbonyl (C=O) groups is 1. The highest BCUT2D eigenvalue weighted by Crippen LogP contribution is 2.33. The van der Waals surface area contributed by atoms with Crippen molar-refractivity contribution in [2.24, 2.45) is 0 Å². The van der Waals surface area contributed by atoms with E-state index in [1.54, 1.807) is 14.0 Å². The van der Waals surface area contributed by atoms with Crippen LogP contribution >= 0.6 is 0 Å². The average molecular weight is 579 g/mol. The summed E-state index contributed by atoms with van der Waals surface area (Å²) in [7, 11) is 5.32. The molecule has 0 aliphatic heterocycles. The Kier molecular flexibility index (Phi) is 10.3. The Hall–Kier alpha value is -3.85. The summed E-state index contributed by atoms with van der Waals surface area (Å²) >= 11 is 0. The number of nitrogens with zero attached hydrogens (tertiary/aromatic N) is 2. The zero-order chi connectivity index (χ0) is 30.4. The number of rotatable bonds is 11. The molecule has 1 heterocycles. The summed E-state index contributed by atoms with van der Waals surface area (Å²) in [5.41, 5.74) is 3.68. The molecule has 3 aromatic rings. The van der Waals surface area contributed by atoms with Gasteiger partial charge in [0, 0.05) is 48.2 Å². The number of H-pyrrole nitrogens is 1. The van der Waals surface area contributed by atoms with Crippen LogP contribution in [0.4, 0.5) is 10.1 Å². The van der Waals surface area contributed by atoms with Gasteiger partial charge in [-0.25, -0.2) is 4.39 Å². The molecule has 0 spiro atoms. The Morgan fingerprint density at radius 3 is 2.43 bits per heavy atom. The molecule has 9 heteroatoms. The predicted octanol–water partition coefficient (Wildman–Crippen LogP) is 5.35. The largest absolute Gasteiger partial charge is 0.497 e. The Morgan fingerprint density at radius 1 is 1.05 bits per heavy atom. The molecular weight excluding hydrogens is 535 g/mol. The third kappa shape index (κ3) is 7.13. The van der Waals surface area contributed by atoms with Crippen LogP contribution in [0.1, 0.15) is 65.3 Å². The minimum absolute atomic E-state index is 0.0340. The topological polar surface area (TPSA) is 86.9 Å². The van der Waals surface area contributed by atoms with Gasteiger partial charge in [-0.15, -0.1) is 0 Å². The van der Waals surface area contributed by atoms with Gasteiger partial charge in [-0.3, -0.25) is 14.5 Å². The number of aromatic nitrogens is 1. The molecule has 1 fully saturated rings. The molecule has 1 amide bonds. The molecule has 8 nitrogen and oxygen atoms in total. The lowest BCUT2D eigenvalue weighted by molar-refractivity contribution is 0.0949. The summed E-state index contributed by atoms with van der Waals surface area (Å²) in [6.07, 6.45) is 4.04. The summed E-state index contributed by atoms with van der Waals surface area (Å²) < 4.78 is 25.6. The van der Waals surface area contributed by atoms with Crippen LogP contribution in [0.15, 0.2) is 47.3 Å². The lowest BCUT2D eigenvalue weighted by Crippen LogP contribution is -2.43. The Labute approximate surface area is 247 Å². The summed E-state index contributed by atoms with van der Waals surface area (Å²) in [5.74, 6) is 0.273. The summed E-state index contributed by atoms with van der Waals surface area (Å²) in [5, 5.41) is 2.79. The molecule has 226 valence electrons. The van der Waals surface area contributed by atoms with Crippen molar-refractivity contribution in [3.63, 3.8) is 0 Å². The van der Waals surface area contributed by atoms with Crippen molar-refractivity contribution < 1.29 is 18.7 Å².